The molecule has 0 radical (unpaired) electrons. The van der Waals surface area contributed by atoms with E-state index in [2.05, 4.69) is 15.3 Å². The molecule has 0 amide bonds. The molecule has 4 heterocycles. The van der Waals surface area contributed by atoms with Gasteiger partial charge in [0.05, 0.1) is 11.9 Å². The minimum Gasteiger partial charge on any atom is -0.365 e. The number of benzene rings is 1. The van der Waals surface area contributed by atoms with E-state index in [1.807, 2.05) is 11.4 Å². The number of halogens is 1. The quantitative estimate of drug-likeness (QED) is 0.428. The highest BCUT2D eigenvalue weighted by atomic mass is 32.2. The molecule has 1 aliphatic heterocycles. The lowest BCUT2D eigenvalue weighted by atomic mass is 10.1. The molecule has 0 saturated carbocycles. The molecular weight excluding hydrogens is 455 g/mol. The van der Waals surface area contributed by atoms with Crippen LogP contribution in [0.25, 0.3) is 21.3 Å². The van der Waals surface area contributed by atoms with Crippen LogP contribution in [0.5, 0.6) is 0 Å². The minimum absolute atomic E-state index is 0.282. The maximum Gasteiger partial charge on any atom is 0.252 e. The molecule has 31 heavy (non-hydrogen) atoms. The summed E-state index contributed by atoms with van der Waals surface area (Å²) in [6, 6.07) is 9.87. The molecule has 0 bridgehead atoms. The molecule has 1 fully saturated rings. The number of nitrogens with one attached hydrogen (secondary N) is 1. The first-order valence-electron chi connectivity index (χ1n) is 9.83. The van der Waals surface area contributed by atoms with Crippen LogP contribution in [0.4, 0.5) is 10.2 Å². The predicted molar refractivity (Wildman–Crippen MR) is 122 cm³/mol. The predicted octanol–water partition coefficient (Wildman–Crippen LogP) is 4.96. The summed E-state index contributed by atoms with van der Waals surface area (Å²) in [5.74, 6) is 0.387. The molecule has 160 valence electrons. The minimum atomic E-state index is -3.40. The van der Waals surface area contributed by atoms with E-state index in [0.29, 0.717) is 29.7 Å². The van der Waals surface area contributed by atoms with Gasteiger partial charge in [-0.15, -0.1) is 22.7 Å². The van der Waals surface area contributed by atoms with Crippen LogP contribution >= 0.6 is 22.7 Å². The summed E-state index contributed by atoms with van der Waals surface area (Å²) in [5.41, 5.74) is 1.83. The Kier molecular flexibility index (Phi) is 5.47. The third-order valence-electron chi connectivity index (χ3n) is 5.25. The van der Waals surface area contributed by atoms with Gasteiger partial charge in [-0.3, -0.25) is 0 Å². The molecular formula is C21H19FN4O2S3. The molecule has 1 aliphatic rings. The number of anilines is 1. The number of sulfonamides is 1. The van der Waals surface area contributed by atoms with E-state index in [1.54, 1.807) is 22.5 Å². The maximum absolute atomic E-state index is 13.3. The Balaban J connectivity index is 1.40. The highest BCUT2D eigenvalue weighted by molar-refractivity contribution is 7.91. The summed E-state index contributed by atoms with van der Waals surface area (Å²) in [6.45, 7) is 1.64. The number of hydrogen-bond acceptors (Lipinski definition) is 7. The maximum atomic E-state index is 13.3. The van der Waals surface area contributed by atoms with Crippen molar-refractivity contribution in [1.29, 1.82) is 0 Å². The number of aromatic nitrogens is 2. The SMILES string of the molecule is O=S(=O)(c1ccc(CNc2ncnc3scc(-c4ccc(F)cc4)c23)s1)N1CCCC1. The zero-order chi connectivity index (χ0) is 21.4. The van der Waals surface area contributed by atoms with Crippen LogP contribution in [-0.2, 0) is 16.6 Å². The Morgan fingerprint density at radius 2 is 1.84 bits per heavy atom. The smallest absolute Gasteiger partial charge is 0.252 e. The van der Waals surface area contributed by atoms with Crippen LogP contribution in [0, 0.1) is 5.82 Å². The molecule has 10 heteroatoms. The van der Waals surface area contributed by atoms with E-state index in [1.165, 1.54) is 41.1 Å². The highest BCUT2D eigenvalue weighted by Gasteiger charge is 2.28. The number of fused-ring (bicyclic) bond motifs is 1. The fraction of sp³-hybridized carbons (Fsp3) is 0.238. The van der Waals surface area contributed by atoms with Crippen LogP contribution in [0.2, 0.25) is 0 Å². The number of thiophene rings is 2. The molecule has 1 saturated heterocycles. The Morgan fingerprint density at radius 1 is 1.06 bits per heavy atom. The van der Waals surface area contributed by atoms with Gasteiger partial charge in [-0.25, -0.2) is 22.8 Å². The molecule has 5 rings (SSSR count). The van der Waals surface area contributed by atoms with Gasteiger partial charge in [-0.05, 0) is 42.7 Å². The van der Waals surface area contributed by atoms with Crippen molar-refractivity contribution in [2.45, 2.75) is 23.6 Å². The summed E-state index contributed by atoms with van der Waals surface area (Å²) < 4.78 is 40.8. The van der Waals surface area contributed by atoms with Crippen molar-refractivity contribution in [2.24, 2.45) is 0 Å². The van der Waals surface area contributed by atoms with Gasteiger partial charge >= 0.3 is 0 Å². The lowest BCUT2D eigenvalue weighted by molar-refractivity contribution is 0.479. The third-order valence-corrected chi connectivity index (χ3v) is 9.59. The number of nitrogens with zero attached hydrogens (tertiary/aromatic N) is 3. The van der Waals surface area contributed by atoms with Crippen molar-refractivity contribution in [3.8, 4) is 11.1 Å². The van der Waals surface area contributed by atoms with Gasteiger partial charge in [-0.2, -0.15) is 4.31 Å². The van der Waals surface area contributed by atoms with Gasteiger partial charge in [0.25, 0.3) is 10.0 Å². The van der Waals surface area contributed by atoms with Gasteiger partial charge in [0.2, 0.25) is 0 Å². The average Bonchev–Trinajstić information content (AvgIpc) is 3.53. The van der Waals surface area contributed by atoms with Crippen molar-refractivity contribution in [3.63, 3.8) is 0 Å². The van der Waals surface area contributed by atoms with Crippen molar-refractivity contribution >= 4 is 48.7 Å². The molecule has 0 spiro atoms. The first-order valence-corrected chi connectivity index (χ1v) is 13.0. The summed E-state index contributed by atoms with van der Waals surface area (Å²) in [6.07, 6.45) is 3.34. The molecule has 1 N–H and O–H groups in total. The van der Waals surface area contributed by atoms with Gasteiger partial charge < -0.3 is 5.32 Å². The first kappa shape index (κ1) is 20.5. The van der Waals surface area contributed by atoms with Crippen molar-refractivity contribution in [3.05, 3.63) is 58.8 Å². The lowest BCUT2D eigenvalue weighted by Gasteiger charge is -2.13. The van der Waals surface area contributed by atoms with Gasteiger partial charge in [0, 0.05) is 28.9 Å². The van der Waals surface area contributed by atoms with E-state index in [0.717, 1.165) is 39.1 Å². The fourth-order valence-corrected chi connectivity index (χ4v) is 7.55. The van der Waals surface area contributed by atoms with E-state index >= 15 is 0 Å². The van der Waals surface area contributed by atoms with Crippen LogP contribution in [0.3, 0.4) is 0 Å². The first-order chi connectivity index (χ1) is 15.0. The largest absolute Gasteiger partial charge is 0.365 e. The standard InChI is InChI=1S/C21H19FN4O2S3/c22-15-5-3-14(4-6-15)17-12-29-21-19(17)20(24-13-25-21)23-11-16-7-8-18(30-16)31(27,28)26-9-1-2-10-26/h3-8,12-13H,1-2,9-11H2,(H,23,24,25). The summed E-state index contributed by atoms with van der Waals surface area (Å²) in [5, 5.41) is 6.19. The monoisotopic (exact) mass is 474 g/mol. The molecule has 0 unspecified atom stereocenters. The molecule has 4 aromatic rings. The van der Waals surface area contributed by atoms with Crippen LogP contribution in [0.15, 0.2) is 52.3 Å². The summed E-state index contributed by atoms with van der Waals surface area (Å²) in [4.78, 5) is 10.5. The second-order valence-electron chi connectivity index (χ2n) is 7.24. The Hall–Kier alpha value is -2.40. The molecule has 3 aromatic heterocycles. The van der Waals surface area contributed by atoms with Gasteiger partial charge in [0.15, 0.2) is 0 Å². The molecule has 6 nitrogen and oxygen atoms in total. The Morgan fingerprint density at radius 3 is 2.61 bits per heavy atom. The van der Waals surface area contributed by atoms with Crippen LogP contribution in [-0.4, -0.2) is 35.8 Å². The second kappa shape index (κ2) is 8.27. The van der Waals surface area contributed by atoms with Gasteiger partial charge in [-0.1, -0.05) is 12.1 Å². The van der Waals surface area contributed by atoms with E-state index < -0.39 is 10.0 Å². The normalized spacial score (nSPS) is 15.0. The van der Waals surface area contributed by atoms with Crippen molar-refractivity contribution in [2.75, 3.05) is 18.4 Å². The van der Waals surface area contributed by atoms with Crippen molar-refractivity contribution < 1.29 is 12.8 Å². The van der Waals surface area contributed by atoms with Crippen molar-refractivity contribution in [1.82, 2.24) is 14.3 Å². The number of hydrogen-bond donors (Lipinski definition) is 1. The number of rotatable bonds is 6. The molecule has 1 aromatic carbocycles. The van der Waals surface area contributed by atoms with Crippen LogP contribution < -0.4 is 5.32 Å². The van der Waals surface area contributed by atoms with E-state index in [9.17, 15) is 12.8 Å². The fourth-order valence-electron chi connectivity index (χ4n) is 3.67. The van der Waals surface area contributed by atoms with E-state index in [4.69, 9.17) is 0 Å². The van der Waals surface area contributed by atoms with E-state index in [-0.39, 0.29) is 5.82 Å². The highest BCUT2D eigenvalue weighted by Crippen LogP contribution is 2.37. The van der Waals surface area contributed by atoms with Crippen LogP contribution in [0.1, 0.15) is 17.7 Å². The zero-order valence-corrected chi connectivity index (χ0v) is 18.9. The van der Waals surface area contributed by atoms with Gasteiger partial charge in [0.1, 0.15) is 27.0 Å². The zero-order valence-electron chi connectivity index (χ0n) is 16.4. The summed E-state index contributed by atoms with van der Waals surface area (Å²) in [7, 11) is -3.40. The molecule has 0 atom stereocenters. The second-order valence-corrected chi connectivity index (χ2v) is 11.4. The Labute approximate surface area is 187 Å². The lowest BCUT2D eigenvalue weighted by Crippen LogP contribution is -2.27. The molecule has 0 aliphatic carbocycles. The third kappa shape index (κ3) is 3.96. The Bertz CT molecular complexity index is 1330. The topological polar surface area (TPSA) is 75.2 Å². The average molecular weight is 475 g/mol. The summed E-state index contributed by atoms with van der Waals surface area (Å²) >= 11 is 2.78.